The largest absolute Gasteiger partial charge is 0.323 e. The van der Waals surface area contributed by atoms with Crippen LogP contribution in [0.1, 0.15) is 19.3 Å². The Morgan fingerprint density at radius 3 is 2.60 bits per heavy atom. The summed E-state index contributed by atoms with van der Waals surface area (Å²) in [5.74, 6) is -0.147. The minimum absolute atomic E-state index is 0.147. The summed E-state index contributed by atoms with van der Waals surface area (Å²) < 4.78 is 0. The molecule has 1 heterocycles. The summed E-state index contributed by atoms with van der Waals surface area (Å²) in [6, 6.07) is 0. The van der Waals surface area contributed by atoms with Gasteiger partial charge in [-0.1, -0.05) is 0 Å². The molecule has 0 aromatic rings. The third kappa shape index (κ3) is 1.48. The van der Waals surface area contributed by atoms with Gasteiger partial charge in [-0.3, -0.25) is 14.5 Å². The van der Waals surface area contributed by atoms with E-state index in [0.29, 0.717) is 13.0 Å². The quantitative estimate of drug-likeness (QED) is 0.397. The van der Waals surface area contributed by atoms with Gasteiger partial charge < -0.3 is 0 Å². The van der Waals surface area contributed by atoms with Crippen molar-refractivity contribution in [1.29, 1.82) is 0 Å². The number of imide groups is 1. The average molecular weight is 162 g/mol. The monoisotopic (exact) mass is 161 g/mol. The summed E-state index contributed by atoms with van der Waals surface area (Å²) in [6.45, 7) is 0.487. The summed E-state index contributed by atoms with van der Waals surface area (Å²) in [4.78, 5) is 22.4. The molecule has 0 aromatic carbocycles. The number of amides is 2. The number of carbonyl (C=O) groups is 2. The fraction of sp³-hybridized carbons (Fsp3) is 0.667. The van der Waals surface area contributed by atoms with E-state index in [2.05, 4.69) is 0 Å². The van der Waals surface area contributed by atoms with Crippen LogP contribution in [0.15, 0.2) is 0 Å². The molecule has 0 radical (unpaired) electrons. The van der Waals surface area contributed by atoms with Crippen molar-refractivity contribution in [3.63, 3.8) is 0 Å². The number of likely N-dealkylation sites (tertiary alicyclic amines) is 1. The standard InChI is InChI=1S/C6H8ClNO2/c7-6(10)8-4-2-1-3-5(8)9/h1-4H2. The van der Waals surface area contributed by atoms with Crippen LogP contribution in [0.25, 0.3) is 0 Å². The molecule has 0 atom stereocenters. The van der Waals surface area contributed by atoms with Gasteiger partial charge in [-0.05, 0) is 24.4 Å². The predicted molar refractivity (Wildman–Crippen MR) is 36.8 cm³/mol. The second kappa shape index (κ2) is 3.01. The van der Waals surface area contributed by atoms with Gasteiger partial charge in [-0.25, -0.2) is 0 Å². The van der Waals surface area contributed by atoms with Crippen molar-refractivity contribution in [3.8, 4) is 0 Å². The molecule has 10 heavy (non-hydrogen) atoms. The van der Waals surface area contributed by atoms with E-state index < -0.39 is 5.37 Å². The molecule has 4 heteroatoms. The van der Waals surface area contributed by atoms with Crippen molar-refractivity contribution >= 4 is 22.9 Å². The van der Waals surface area contributed by atoms with E-state index in [9.17, 15) is 9.59 Å². The molecule has 0 saturated carbocycles. The number of halogens is 1. The second-order valence-electron chi connectivity index (χ2n) is 2.26. The van der Waals surface area contributed by atoms with Gasteiger partial charge in [0.05, 0.1) is 0 Å². The Balaban J connectivity index is 2.56. The molecule has 0 unspecified atom stereocenters. The lowest BCUT2D eigenvalue weighted by Gasteiger charge is -2.21. The Hall–Kier alpha value is -0.570. The van der Waals surface area contributed by atoms with E-state index in [1.807, 2.05) is 0 Å². The van der Waals surface area contributed by atoms with E-state index in [0.717, 1.165) is 17.7 Å². The highest BCUT2D eigenvalue weighted by Gasteiger charge is 2.22. The van der Waals surface area contributed by atoms with Crippen molar-refractivity contribution in [2.24, 2.45) is 0 Å². The lowest BCUT2D eigenvalue weighted by Crippen LogP contribution is -2.36. The molecule has 1 fully saturated rings. The van der Waals surface area contributed by atoms with Crippen LogP contribution in [0.3, 0.4) is 0 Å². The van der Waals surface area contributed by atoms with Crippen molar-refractivity contribution in [2.75, 3.05) is 6.54 Å². The fourth-order valence-corrected chi connectivity index (χ4v) is 1.17. The Labute approximate surface area is 63.9 Å². The minimum atomic E-state index is -0.648. The molecule has 0 bridgehead atoms. The first kappa shape index (κ1) is 7.54. The third-order valence-corrected chi connectivity index (χ3v) is 1.74. The van der Waals surface area contributed by atoms with E-state index >= 15 is 0 Å². The molecule has 0 aliphatic carbocycles. The number of hydrogen-bond acceptors (Lipinski definition) is 2. The SMILES string of the molecule is O=C(Cl)N1CCCCC1=O. The first-order chi connectivity index (χ1) is 4.72. The van der Waals surface area contributed by atoms with Gasteiger partial charge in [0, 0.05) is 13.0 Å². The highest BCUT2D eigenvalue weighted by Crippen LogP contribution is 2.11. The zero-order valence-electron chi connectivity index (χ0n) is 5.47. The van der Waals surface area contributed by atoms with Crippen LogP contribution in [0.5, 0.6) is 0 Å². The molecule has 1 aliphatic rings. The molecule has 0 aromatic heterocycles. The maximum absolute atomic E-state index is 10.9. The predicted octanol–water partition coefficient (Wildman–Crippen LogP) is 1.36. The maximum Gasteiger partial charge on any atom is 0.323 e. The minimum Gasteiger partial charge on any atom is -0.274 e. The van der Waals surface area contributed by atoms with Crippen LogP contribution in [0.4, 0.5) is 4.79 Å². The van der Waals surface area contributed by atoms with E-state index in [1.165, 1.54) is 0 Å². The van der Waals surface area contributed by atoms with Crippen molar-refractivity contribution < 1.29 is 9.59 Å². The van der Waals surface area contributed by atoms with Gasteiger partial charge in [0.15, 0.2) is 0 Å². The van der Waals surface area contributed by atoms with Gasteiger partial charge in [0.2, 0.25) is 5.91 Å². The summed E-state index contributed by atoms with van der Waals surface area (Å²) in [6.07, 6.45) is 2.21. The van der Waals surface area contributed by atoms with Crippen molar-refractivity contribution in [1.82, 2.24) is 4.90 Å². The summed E-state index contributed by atoms with van der Waals surface area (Å²) >= 11 is 5.12. The van der Waals surface area contributed by atoms with Gasteiger partial charge in [-0.2, -0.15) is 0 Å². The zero-order valence-corrected chi connectivity index (χ0v) is 6.23. The number of nitrogens with zero attached hydrogens (tertiary/aromatic N) is 1. The highest BCUT2D eigenvalue weighted by atomic mass is 35.5. The number of carbonyl (C=O) groups excluding carboxylic acids is 2. The topological polar surface area (TPSA) is 37.4 Å². The van der Waals surface area contributed by atoms with Gasteiger partial charge in [0.25, 0.3) is 0 Å². The molecule has 1 aliphatic heterocycles. The fourth-order valence-electron chi connectivity index (χ4n) is 0.992. The smallest absolute Gasteiger partial charge is 0.274 e. The molecule has 0 spiro atoms. The molecule has 3 nitrogen and oxygen atoms in total. The van der Waals surface area contributed by atoms with Crippen LogP contribution in [0.2, 0.25) is 0 Å². The van der Waals surface area contributed by atoms with Crippen molar-refractivity contribution in [2.45, 2.75) is 19.3 Å². The number of hydrogen-bond donors (Lipinski definition) is 0. The van der Waals surface area contributed by atoms with Crippen molar-refractivity contribution in [3.05, 3.63) is 0 Å². The first-order valence-corrected chi connectivity index (χ1v) is 3.59. The third-order valence-electron chi connectivity index (χ3n) is 1.54. The molecule has 2 amide bonds. The zero-order chi connectivity index (χ0) is 7.56. The molecule has 1 saturated heterocycles. The van der Waals surface area contributed by atoms with E-state index in [4.69, 9.17) is 11.6 Å². The normalized spacial score (nSPS) is 19.3. The average Bonchev–Trinajstić information content (AvgIpc) is 1.88. The summed E-state index contributed by atoms with van der Waals surface area (Å²) in [5.41, 5.74) is 0. The van der Waals surface area contributed by atoms with E-state index in [1.54, 1.807) is 0 Å². The Kier molecular flexibility index (Phi) is 2.27. The van der Waals surface area contributed by atoms with Gasteiger partial charge in [-0.15, -0.1) is 0 Å². The van der Waals surface area contributed by atoms with Crippen LogP contribution in [-0.4, -0.2) is 22.7 Å². The molecule has 0 N–H and O–H groups in total. The molecule has 1 rings (SSSR count). The first-order valence-electron chi connectivity index (χ1n) is 3.21. The van der Waals surface area contributed by atoms with E-state index in [-0.39, 0.29) is 5.91 Å². The van der Waals surface area contributed by atoms with Gasteiger partial charge >= 0.3 is 5.37 Å². The van der Waals surface area contributed by atoms with Crippen LogP contribution < -0.4 is 0 Å². The number of piperidine rings is 1. The summed E-state index contributed by atoms with van der Waals surface area (Å²) in [5, 5.41) is -0.648. The van der Waals surface area contributed by atoms with Gasteiger partial charge in [0.1, 0.15) is 0 Å². The van der Waals surface area contributed by atoms with Crippen LogP contribution >= 0.6 is 11.6 Å². The number of rotatable bonds is 0. The Morgan fingerprint density at radius 2 is 2.20 bits per heavy atom. The van der Waals surface area contributed by atoms with Crippen LogP contribution in [-0.2, 0) is 4.79 Å². The molecule has 56 valence electrons. The maximum atomic E-state index is 10.9. The lowest BCUT2D eigenvalue weighted by molar-refractivity contribution is -0.129. The molecular formula is C6H8ClNO2. The lowest BCUT2D eigenvalue weighted by atomic mass is 10.1. The van der Waals surface area contributed by atoms with Crippen LogP contribution in [0, 0.1) is 0 Å². The highest BCUT2D eigenvalue weighted by molar-refractivity contribution is 6.64. The second-order valence-corrected chi connectivity index (χ2v) is 2.58. The summed E-state index contributed by atoms with van der Waals surface area (Å²) in [7, 11) is 0. The Morgan fingerprint density at radius 1 is 1.50 bits per heavy atom. The Bertz CT molecular complexity index is 169. The molecular weight excluding hydrogens is 154 g/mol.